The van der Waals surface area contributed by atoms with Gasteiger partial charge in [0, 0.05) is 18.3 Å². The molecule has 82 valence electrons. The lowest BCUT2D eigenvalue weighted by molar-refractivity contribution is 0.238. The van der Waals surface area contributed by atoms with Crippen molar-refractivity contribution in [3.8, 4) is 5.75 Å². The summed E-state index contributed by atoms with van der Waals surface area (Å²) in [6.07, 6.45) is 0.982. The van der Waals surface area contributed by atoms with Crippen molar-refractivity contribution >= 4 is 11.3 Å². The first-order chi connectivity index (χ1) is 7.86. The molecule has 0 saturated carbocycles. The molecule has 0 spiro atoms. The van der Waals surface area contributed by atoms with Gasteiger partial charge in [-0.25, -0.2) is 4.98 Å². The predicted octanol–water partition coefficient (Wildman–Crippen LogP) is 2.28. The lowest BCUT2D eigenvalue weighted by atomic mass is 10.1. The van der Waals surface area contributed by atoms with E-state index in [1.54, 1.807) is 11.3 Å². The normalized spacial score (nSPS) is 18.2. The van der Waals surface area contributed by atoms with E-state index >= 15 is 0 Å². The molecular formula is C12H12N2OS. The molecule has 2 N–H and O–H groups in total. The van der Waals surface area contributed by atoms with E-state index in [4.69, 9.17) is 10.5 Å². The Kier molecular flexibility index (Phi) is 2.38. The molecule has 0 bridgehead atoms. The van der Waals surface area contributed by atoms with Crippen LogP contribution < -0.4 is 10.5 Å². The van der Waals surface area contributed by atoms with Crippen molar-refractivity contribution in [2.24, 2.45) is 5.73 Å². The van der Waals surface area contributed by atoms with Gasteiger partial charge in [-0.2, -0.15) is 0 Å². The molecule has 2 heterocycles. The lowest BCUT2D eigenvalue weighted by Crippen LogP contribution is -2.04. The number of benzene rings is 1. The molecule has 0 fully saturated rings. The third kappa shape index (κ3) is 1.60. The fraction of sp³-hybridized carbons (Fsp3) is 0.250. The second-order valence-corrected chi connectivity index (χ2v) is 4.69. The van der Waals surface area contributed by atoms with Crippen LogP contribution >= 0.6 is 11.3 Å². The fourth-order valence-electron chi connectivity index (χ4n) is 1.88. The molecule has 1 unspecified atom stereocenters. The summed E-state index contributed by atoms with van der Waals surface area (Å²) in [6, 6.07) is 8.14. The third-order valence-corrected chi connectivity index (χ3v) is 3.69. The smallest absolute Gasteiger partial charge is 0.154 e. The molecule has 2 aromatic rings. The number of ether oxygens (including phenoxy) is 1. The van der Waals surface area contributed by atoms with E-state index in [1.807, 2.05) is 23.6 Å². The van der Waals surface area contributed by atoms with Gasteiger partial charge in [-0.15, -0.1) is 11.3 Å². The predicted molar refractivity (Wildman–Crippen MR) is 63.5 cm³/mol. The molecule has 16 heavy (non-hydrogen) atoms. The summed E-state index contributed by atoms with van der Waals surface area (Å²) in [4.78, 5) is 4.46. The minimum Gasteiger partial charge on any atom is -0.483 e. The fourth-order valence-corrected chi connectivity index (χ4v) is 2.74. The van der Waals surface area contributed by atoms with Crippen molar-refractivity contribution < 1.29 is 4.74 Å². The van der Waals surface area contributed by atoms with Crippen molar-refractivity contribution in [1.29, 1.82) is 0 Å². The van der Waals surface area contributed by atoms with E-state index in [0.29, 0.717) is 6.54 Å². The molecule has 0 aliphatic carbocycles. The monoisotopic (exact) mass is 232 g/mol. The van der Waals surface area contributed by atoms with Gasteiger partial charge in [0.25, 0.3) is 0 Å². The van der Waals surface area contributed by atoms with Crippen molar-refractivity contribution in [3.63, 3.8) is 0 Å². The molecule has 3 rings (SSSR count). The van der Waals surface area contributed by atoms with E-state index in [-0.39, 0.29) is 6.10 Å². The van der Waals surface area contributed by atoms with Crippen molar-refractivity contribution in [2.45, 2.75) is 19.1 Å². The lowest BCUT2D eigenvalue weighted by Gasteiger charge is -2.06. The van der Waals surface area contributed by atoms with E-state index in [2.05, 4.69) is 11.1 Å². The van der Waals surface area contributed by atoms with Crippen molar-refractivity contribution in [2.75, 3.05) is 0 Å². The standard InChI is InChI=1S/C12H12N2OS/c13-6-9-7-16-12(14-9)11-5-8-3-1-2-4-10(8)15-11/h1-4,7,11H,5-6,13H2. The van der Waals surface area contributed by atoms with Crippen LogP contribution in [0.2, 0.25) is 0 Å². The van der Waals surface area contributed by atoms with Gasteiger partial charge in [-0.1, -0.05) is 18.2 Å². The van der Waals surface area contributed by atoms with Crippen LogP contribution in [0.15, 0.2) is 29.6 Å². The Balaban J connectivity index is 1.85. The average molecular weight is 232 g/mol. The van der Waals surface area contributed by atoms with E-state index < -0.39 is 0 Å². The Morgan fingerprint density at radius 2 is 2.31 bits per heavy atom. The molecule has 1 aliphatic heterocycles. The van der Waals surface area contributed by atoms with Crippen LogP contribution in [0.5, 0.6) is 5.75 Å². The number of rotatable bonds is 2. The first-order valence-corrected chi connectivity index (χ1v) is 6.13. The second-order valence-electron chi connectivity index (χ2n) is 3.80. The zero-order chi connectivity index (χ0) is 11.0. The van der Waals surface area contributed by atoms with Gasteiger partial charge in [0.05, 0.1) is 5.69 Å². The topological polar surface area (TPSA) is 48.1 Å². The number of thiazole rings is 1. The summed E-state index contributed by atoms with van der Waals surface area (Å²) < 4.78 is 5.86. The number of hydrogen-bond donors (Lipinski definition) is 1. The highest BCUT2D eigenvalue weighted by atomic mass is 32.1. The Hall–Kier alpha value is -1.39. The minimum atomic E-state index is 0.0719. The average Bonchev–Trinajstić information content (AvgIpc) is 2.95. The zero-order valence-corrected chi connectivity index (χ0v) is 9.54. The van der Waals surface area contributed by atoms with E-state index in [9.17, 15) is 0 Å². The van der Waals surface area contributed by atoms with Crippen LogP contribution in [0, 0.1) is 0 Å². The van der Waals surface area contributed by atoms with Crippen molar-refractivity contribution in [1.82, 2.24) is 4.98 Å². The highest BCUT2D eigenvalue weighted by Gasteiger charge is 2.26. The Morgan fingerprint density at radius 3 is 3.06 bits per heavy atom. The molecular weight excluding hydrogens is 220 g/mol. The molecule has 3 nitrogen and oxygen atoms in total. The van der Waals surface area contributed by atoms with Crippen molar-refractivity contribution in [3.05, 3.63) is 45.9 Å². The summed E-state index contributed by atoms with van der Waals surface area (Å²) in [6.45, 7) is 0.496. The largest absolute Gasteiger partial charge is 0.483 e. The number of hydrogen-bond acceptors (Lipinski definition) is 4. The zero-order valence-electron chi connectivity index (χ0n) is 8.72. The maximum absolute atomic E-state index is 5.86. The van der Waals surface area contributed by atoms with Crippen LogP contribution in [0.4, 0.5) is 0 Å². The molecule has 1 aromatic carbocycles. The Morgan fingerprint density at radius 1 is 1.44 bits per heavy atom. The molecule has 1 aliphatic rings. The van der Waals surface area contributed by atoms with Gasteiger partial charge in [0.2, 0.25) is 0 Å². The Bertz CT molecular complexity index is 484. The van der Waals surface area contributed by atoms with Gasteiger partial charge in [-0.3, -0.25) is 0 Å². The summed E-state index contributed by atoms with van der Waals surface area (Å²) in [5.41, 5.74) is 7.75. The highest BCUT2D eigenvalue weighted by molar-refractivity contribution is 7.09. The van der Waals surface area contributed by atoms with Crippen LogP contribution in [0.25, 0.3) is 0 Å². The quantitative estimate of drug-likeness (QED) is 0.864. The van der Waals surface area contributed by atoms with Crippen LogP contribution in [-0.4, -0.2) is 4.98 Å². The molecule has 0 saturated heterocycles. The first-order valence-electron chi connectivity index (χ1n) is 5.26. The van der Waals surface area contributed by atoms with Gasteiger partial charge >= 0.3 is 0 Å². The molecule has 0 amide bonds. The third-order valence-electron chi connectivity index (χ3n) is 2.70. The summed E-state index contributed by atoms with van der Waals surface area (Å²) >= 11 is 1.63. The molecule has 1 atom stereocenters. The number of nitrogens with two attached hydrogens (primary N) is 1. The van der Waals surface area contributed by atoms with Gasteiger partial charge < -0.3 is 10.5 Å². The molecule has 4 heteroatoms. The van der Waals surface area contributed by atoms with E-state index in [1.165, 1.54) is 5.56 Å². The number of para-hydroxylation sites is 1. The van der Waals surface area contributed by atoms with Crippen LogP contribution in [0.3, 0.4) is 0 Å². The highest BCUT2D eigenvalue weighted by Crippen LogP contribution is 2.37. The van der Waals surface area contributed by atoms with Gasteiger partial charge in [0.15, 0.2) is 6.10 Å². The molecule has 1 aromatic heterocycles. The maximum Gasteiger partial charge on any atom is 0.154 e. The number of nitrogens with zero attached hydrogens (tertiary/aromatic N) is 1. The maximum atomic E-state index is 5.86. The second kappa shape index (κ2) is 3.88. The summed E-state index contributed by atoms with van der Waals surface area (Å²) in [7, 11) is 0. The minimum absolute atomic E-state index is 0.0719. The van der Waals surface area contributed by atoms with Crippen LogP contribution in [0.1, 0.15) is 22.4 Å². The van der Waals surface area contributed by atoms with Gasteiger partial charge in [-0.05, 0) is 11.6 Å². The Labute approximate surface area is 97.9 Å². The summed E-state index contributed by atoms with van der Waals surface area (Å²) in [5, 5.41) is 3.03. The molecule has 0 radical (unpaired) electrons. The first kappa shape index (κ1) is 9.81. The number of fused-ring (bicyclic) bond motifs is 1. The summed E-state index contributed by atoms with van der Waals surface area (Å²) in [5.74, 6) is 0.983. The number of aromatic nitrogens is 1. The van der Waals surface area contributed by atoms with E-state index in [0.717, 1.165) is 22.9 Å². The van der Waals surface area contributed by atoms with Crippen LogP contribution in [-0.2, 0) is 13.0 Å². The SMILES string of the molecule is NCc1csc(C2Cc3ccccc3O2)n1. The van der Waals surface area contributed by atoms with Gasteiger partial charge in [0.1, 0.15) is 10.8 Å².